The number of furan rings is 1. The summed E-state index contributed by atoms with van der Waals surface area (Å²) in [5.74, 6) is 2.04. The molecule has 0 fully saturated rings. The van der Waals surface area contributed by atoms with Crippen molar-refractivity contribution in [1.29, 1.82) is 0 Å². The van der Waals surface area contributed by atoms with Gasteiger partial charge in [0.2, 0.25) is 0 Å². The Balaban J connectivity index is 1.89. The zero-order chi connectivity index (χ0) is 15.2. The minimum absolute atomic E-state index is 0.809. The molecule has 0 saturated heterocycles. The second kappa shape index (κ2) is 7.73. The molecule has 0 spiro atoms. The molecule has 2 heterocycles. The molecule has 2 aromatic heterocycles. The molecule has 0 saturated carbocycles. The summed E-state index contributed by atoms with van der Waals surface area (Å²) >= 11 is 1.71. The Morgan fingerprint density at radius 3 is 2.81 bits per heavy atom. The zero-order valence-electron chi connectivity index (χ0n) is 13.4. The lowest BCUT2D eigenvalue weighted by Gasteiger charge is -2.14. The first kappa shape index (κ1) is 16.2. The van der Waals surface area contributed by atoms with E-state index in [0.29, 0.717) is 0 Å². The summed E-state index contributed by atoms with van der Waals surface area (Å²) in [4.78, 5) is 6.79. The van der Waals surface area contributed by atoms with Crippen molar-refractivity contribution in [1.82, 2.24) is 15.2 Å². The van der Waals surface area contributed by atoms with Gasteiger partial charge in [-0.1, -0.05) is 6.92 Å². The van der Waals surface area contributed by atoms with Gasteiger partial charge >= 0.3 is 0 Å². The number of nitrogens with zero attached hydrogens (tertiary/aromatic N) is 2. The maximum absolute atomic E-state index is 5.81. The van der Waals surface area contributed by atoms with E-state index in [-0.39, 0.29) is 0 Å². The van der Waals surface area contributed by atoms with Crippen LogP contribution in [-0.4, -0.2) is 23.5 Å². The lowest BCUT2D eigenvalue weighted by atomic mass is 10.2. The van der Waals surface area contributed by atoms with E-state index in [9.17, 15) is 0 Å². The predicted octanol–water partition coefficient (Wildman–Crippen LogP) is 3.48. The number of thiazole rings is 1. The molecule has 0 bridgehead atoms. The molecule has 2 rings (SSSR count). The van der Waals surface area contributed by atoms with E-state index in [1.807, 2.05) is 13.8 Å². The molecule has 4 nitrogen and oxygen atoms in total. The van der Waals surface area contributed by atoms with Crippen molar-refractivity contribution in [3.63, 3.8) is 0 Å². The minimum Gasteiger partial charge on any atom is -0.465 e. The SMILES string of the molecule is CCCNCc1cc(CN(C)Cc2csc(C)n2)c(C)o1. The lowest BCUT2D eigenvalue weighted by Crippen LogP contribution is -2.17. The van der Waals surface area contributed by atoms with Crippen LogP contribution in [0, 0.1) is 13.8 Å². The number of hydrogen-bond acceptors (Lipinski definition) is 5. The maximum atomic E-state index is 5.81. The molecule has 0 atom stereocenters. The first-order valence-corrected chi connectivity index (χ1v) is 8.35. The average Bonchev–Trinajstić information content (AvgIpc) is 2.97. The third-order valence-corrected chi connectivity index (χ3v) is 4.16. The van der Waals surface area contributed by atoms with Gasteiger partial charge in [-0.2, -0.15) is 0 Å². The van der Waals surface area contributed by atoms with Crippen molar-refractivity contribution in [2.75, 3.05) is 13.6 Å². The highest BCUT2D eigenvalue weighted by molar-refractivity contribution is 7.09. The molecule has 0 unspecified atom stereocenters. The summed E-state index contributed by atoms with van der Waals surface area (Å²) in [5, 5.41) is 6.63. The molecule has 5 heteroatoms. The fraction of sp³-hybridized carbons (Fsp3) is 0.562. The average molecular weight is 307 g/mol. The highest BCUT2D eigenvalue weighted by Crippen LogP contribution is 2.18. The van der Waals surface area contributed by atoms with Crippen LogP contribution in [0.5, 0.6) is 0 Å². The highest BCUT2D eigenvalue weighted by Gasteiger charge is 2.11. The summed E-state index contributed by atoms with van der Waals surface area (Å²) in [7, 11) is 2.12. The molecule has 0 aliphatic carbocycles. The van der Waals surface area contributed by atoms with Gasteiger partial charge in [0.15, 0.2) is 0 Å². The monoisotopic (exact) mass is 307 g/mol. The van der Waals surface area contributed by atoms with Gasteiger partial charge in [0.05, 0.1) is 17.2 Å². The maximum Gasteiger partial charge on any atom is 0.118 e. The third kappa shape index (κ3) is 4.95. The Labute approximate surface area is 131 Å². The normalized spacial score (nSPS) is 11.5. The molecular formula is C16H25N3OS. The quantitative estimate of drug-likeness (QED) is 0.758. The molecule has 0 aliphatic heterocycles. The van der Waals surface area contributed by atoms with Gasteiger partial charge in [-0.05, 0) is 39.9 Å². The Morgan fingerprint density at radius 2 is 2.14 bits per heavy atom. The van der Waals surface area contributed by atoms with Gasteiger partial charge in [0.25, 0.3) is 0 Å². The molecule has 0 aliphatic rings. The fourth-order valence-corrected chi connectivity index (χ4v) is 2.93. The largest absolute Gasteiger partial charge is 0.465 e. The minimum atomic E-state index is 0.809. The standard InChI is InChI=1S/C16H25N3OS/c1-5-6-17-8-16-7-14(12(2)20-16)9-19(4)10-15-11-21-13(3)18-15/h7,11,17H,5-6,8-10H2,1-4H3. The van der Waals surface area contributed by atoms with E-state index in [0.717, 1.165) is 54.8 Å². The lowest BCUT2D eigenvalue weighted by molar-refractivity contribution is 0.313. The molecule has 1 N–H and O–H groups in total. The van der Waals surface area contributed by atoms with Gasteiger partial charge in [-0.15, -0.1) is 11.3 Å². The summed E-state index contributed by atoms with van der Waals surface area (Å²) in [6.45, 7) is 9.85. The van der Waals surface area contributed by atoms with Gasteiger partial charge in [0.1, 0.15) is 11.5 Å². The van der Waals surface area contributed by atoms with Crippen molar-refractivity contribution in [3.8, 4) is 0 Å². The third-order valence-electron chi connectivity index (χ3n) is 3.34. The zero-order valence-corrected chi connectivity index (χ0v) is 14.2. The molecule has 2 aromatic rings. The van der Waals surface area contributed by atoms with E-state index in [4.69, 9.17) is 4.42 Å². The van der Waals surface area contributed by atoms with Crippen molar-refractivity contribution in [2.45, 2.75) is 46.8 Å². The van der Waals surface area contributed by atoms with Crippen molar-refractivity contribution in [3.05, 3.63) is 39.2 Å². The molecule has 0 aromatic carbocycles. The van der Waals surface area contributed by atoms with Crippen molar-refractivity contribution < 1.29 is 4.42 Å². The summed E-state index contributed by atoms with van der Waals surface area (Å²) in [6, 6.07) is 2.17. The van der Waals surface area contributed by atoms with Crippen LogP contribution < -0.4 is 5.32 Å². The Morgan fingerprint density at radius 1 is 1.33 bits per heavy atom. The van der Waals surface area contributed by atoms with Gasteiger partial charge in [-0.25, -0.2) is 4.98 Å². The predicted molar refractivity (Wildman–Crippen MR) is 87.5 cm³/mol. The molecule has 0 amide bonds. The van der Waals surface area contributed by atoms with Crippen molar-refractivity contribution >= 4 is 11.3 Å². The Bertz CT molecular complexity index is 562. The van der Waals surface area contributed by atoms with Crippen LogP contribution >= 0.6 is 11.3 Å². The number of nitrogens with one attached hydrogen (secondary N) is 1. The molecule has 116 valence electrons. The Kier molecular flexibility index (Phi) is 5.96. The highest BCUT2D eigenvalue weighted by atomic mass is 32.1. The Hall–Kier alpha value is -1.17. The van der Waals surface area contributed by atoms with E-state index >= 15 is 0 Å². The van der Waals surface area contributed by atoms with Crippen LogP contribution in [0.3, 0.4) is 0 Å². The summed E-state index contributed by atoms with van der Waals surface area (Å²) in [6.07, 6.45) is 1.14. The van der Waals surface area contributed by atoms with Crippen LogP contribution in [-0.2, 0) is 19.6 Å². The fourth-order valence-electron chi connectivity index (χ4n) is 2.32. The van der Waals surface area contributed by atoms with Gasteiger partial charge < -0.3 is 9.73 Å². The van der Waals surface area contributed by atoms with E-state index in [1.54, 1.807) is 11.3 Å². The number of aromatic nitrogens is 1. The van der Waals surface area contributed by atoms with Crippen molar-refractivity contribution in [2.24, 2.45) is 0 Å². The van der Waals surface area contributed by atoms with Crippen LogP contribution in [0.1, 0.15) is 41.1 Å². The second-order valence-corrected chi connectivity index (χ2v) is 6.56. The molecule has 21 heavy (non-hydrogen) atoms. The smallest absolute Gasteiger partial charge is 0.118 e. The van der Waals surface area contributed by atoms with Crippen LogP contribution in [0.2, 0.25) is 0 Å². The van der Waals surface area contributed by atoms with Gasteiger partial charge in [-0.3, -0.25) is 4.90 Å². The number of rotatable bonds is 8. The van der Waals surface area contributed by atoms with Crippen LogP contribution in [0.25, 0.3) is 0 Å². The second-order valence-electron chi connectivity index (χ2n) is 5.50. The van der Waals surface area contributed by atoms with Crippen LogP contribution in [0.4, 0.5) is 0 Å². The first-order valence-electron chi connectivity index (χ1n) is 7.47. The topological polar surface area (TPSA) is 41.3 Å². The van der Waals surface area contributed by atoms with E-state index in [1.165, 1.54) is 5.56 Å². The van der Waals surface area contributed by atoms with E-state index < -0.39 is 0 Å². The number of aryl methyl sites for hydroxylation is 2. The van der Waals surface area contributed by atoms with Crippen LogP contribution in [0.15, 0.2) is 15.9 Å². The summed E-state index contributed by atoms with van der Waals surface area (Å²) in [5.41, 5.74) is 2.41. The van der Waals surface area contributed by atoms with E-state index in [2.05, 4.69) is 40.6 Å². The summed E-state index contributed by atoms with van der Waals surface area (Å²) < 4.78 is 5.81. The first-order chi connectivity index (χ1) is 10.1. The van der Waals surface area contributed by atoms with Gasteiger partial charge in [0, 0.05) is 24.0 Å². The number of hydrogen-bond donors (Lipinski definition) is 1. The molecule has 0 radical (unpaired) electrons. The molecular weight excluding hydrogens is 282 g/mol.